The Morgan fingerprint density at radius 2 is 2.12 bits per heavy atom. The van der Waals surface area contributed by atoms with Crippen molar-refractivity contribution in [3.8, 4) is 0 Å². The van der Waals surface area contributed by atoms with Crippen LogP contribution in [0, 0.1) is 0 Å². The first kappa shape index (κ1) is 12.2. The third kappa shape index (κ3) is 3.11. The fraction of sp³-hybridized carbons (Fsp3) is 0.417. The number of nitrogen functional groups attached to an aromatic ring is 1. The van der Waals surface area contributed by atoms with Crippen molar-refractivity contribution in [1.29, 1.82) is 0 Å². The molecule has 0 radical (unpaired) electrons. The van der Waals surface area contributed by atoms with Gasteiger partial charge in [0.15, 0.2) is 0 Å². The molecular weight excluding hydrogens is 242 g/mol. The summed E-state index contributed by atoms with van der Waals surface area (Å²) < 4.78 is 10.5. The van der Waals surface area contributed by atoms with Crippen molar-refractivity contribution in [3.63, 3.8) is 0 Å². The number of ether oxygens (including phenoxy) is 2. The molecule has 0 saturated carbocycles. The zero-order valence-electron chi connectivity index (χ0n) is 9.32. The van der Waals surface area contributed by atoms with Crippen molar-refractivity contribution in [1.82, 2.24) is 0 Å². The molecule has 1 aromatic carbocycles. The van der Waals surface area contributed by atoms with E-state index in [0.717, 1.165) is 12.8 Å². The van der Waals surface area contributed by atoms with E-state index < -0.39 is 5.97 Å². The first-order chi connectivity index (χ1) is 8.16. The van der Waals surface area contributed by atoms with Gasteiger partial charge in [-0.2, -0.15) is 0 Å². The van der Waals surface area contributed by atoms with E-state index in [1.54, 1.807) is 18.2 Å². The van der Waals surface area contributed by atoms with Crippen LogP contribution in [-0.4, -0.2) is 25.3 Å². The first-order valence-electron chi connectivity index (χ1n) is 5.50. The predicted molar refractivity (Wildman–Crippen MR) is 65.1 cm³/mol. The number of halogens is 1. The molecule has 0 amide bonds. The van der Waals surface area contributed by atoms with Crippen molar-refractivity contribution in [2.24, 2.45) is 0 Å². The molecule has 2 N–H and O–H groups in total. The van der Waals surface area contributed by atoms with E-state index in [1.165, 1.54) is 0 Å². The second-order valence-corrected chi connectivity index (χ2v) is 4.39. The van der Waals surface area contributed by atoms with Crippen molar-refractivity contribution in [3.05, 3.63) is 28.8 Å². The van der Waals surface area contributed by atoms with E-state index in [4.69, 9.17) is 26.8 Å². The van der Waals surface area contributed by atoms with E-state index in [0.29, 0.717) is 29.5 Å². The molecule has 0 unspecified atom stereocenters. The molecule has 1 aliphatic rings. The van der Waals surface area contributed by atoms with Crippen LogP contribution in [0.15, 0.2) is 18.2 Å². The summed E-state index contributed by atoms with van der Waals surface area (Å²) in [7, 11) is 0. The lowest BCUT2D eigenvalue weighted by Crippen LogP contribution is -2.26. The topological polar surface area (TPSA) is 61.6 Å². The average Bonchev–Trinajstić information content (AvgIpc) is 2.30. The summed E-state index contributed by atoms with van der Waals surface area (Å²) in [5.74, 6) is -0.397. The molecule has 92 valence electrons. The van der Waals surface area contributed by atoms with E-state index in [2.05, 4.69) is 0 Å². The van der Waals surface area contributed by atoms with Gasteiger partial charge >= 0.3 is 5.97 Å². The predicted octanol–water partition coefficient (Wildman–Crippen LogP) is 2.26. The Bertz CT molecular complexity index is 416. The summed E-state index contributed by atoms with van der Waals surface area (Å²) in [6.45, 7) is 1.27. The van der Waals surface area contributed by atoms with Crippen LogP contribution >= 0.6 is 11.6 Å². The second-order valence-electron chi connectivity index (χ2n) is 3.95. The third-order valence-corrected chi connectivity index (χ3v) is 2.91. The number of carbonyl (C=O) groups excluding carboxylic acids is 1. The van der Waals surface area contributed by atoms with Crippen molar-refractivity contribution in [2.45, 2.75) is 18.9 Å². The van der Waals surface area contributed by atoms with Gasteiger partial charge in [-0.25, -0.2) is 4.79 Å². The van der Waals surface area contributed by atoms with Crippen molar-refractivity contribution >= 4 is 23.3 Å². The molecule has 5 heteroatoms. The number of carbonyl (C=O) groups is 1. The van der Waals surface area contributed by atoms with Crippen LogP contribution in [0.1, 0.15) is 23.2 Å². The molecule has 0 bridgehead atoms. The minimum absolute atomic E-state index is 0.0775. The van der Waals surface area contributed by atoms with Gasteiger partial charge in [-0.1, -0.05) is 11.6 Å². The Hall–Kier alpha value is -1.26. The van der Waals surface area contributed by atoms with Crippen LogP contribution < -0.4 is 5.73 Å². The first-order valence-corrected chi connectivity index (χ1v) is 5.88. The Balaban J connectivity index is 2.03. The van der Waals surface area contributed by atoms with E-state index in [-0.39, 0.29) is 6.10 Å². The Morgan fingerprint density at radius 1 is 1.41 bits per heavy atom. The van der Waals surface area contributed by atoms with Gasteiger partial charge in [-0.3, -0.25) is 0 Å². The summed E-state index contributed by atoms with van der Waals surface area (Å²) in [5.41, 5.74) is 6.42. The van der Waals surface area contributed by atoms with Gasteiger partial charge < -0.3 is 15.2 Å². The lowest BCUT2D eigenvalue weighted by Gasteiger charge is -2.22. The van der Waals surface area contributed by atoms with E-state index >= 15 is 0 Å². The zero-order valence-corrected chi connectivity index (χ0v) is 10.1. The highest BCUT2D eigenvalue weighted by Gasteiger charge is 2.20. The number of anilines is 1. The lowest BCUT2D eigenvalue weighted by atomic mass is 10.1. The van der Waals surface area contributed by atoms with Gasteiger partial charge in [0.1, 0.15) is 6.10 Å². The van der Waals surface area contributed by atoms with Crippen LogP contribution in [-0.2, 0) is 9.47 Å². The fourth-order valence-electron chi connectivity index (χ4n) is 1.73. The second kappa shape index (κ2) is 5.38. The maximum atomic E-state index is 11.9. The molecule has 1 fully saturated rings. The molecule has 0 atom stereocenters. The van der Waals surface area contributed by atoms with Gasteiger partial charge in [-0.15, -0.1) is 0 Å². The SMILES string of the molecule is Nc1cc(Cl)ccc1C(=O)OC1CCOCC1. The molecule has 1 aromatic rings. The number of rotatable bonds is 2. The van der Waals surface area contributed by atoms with Gasteiger partial charge in [0.2, 0.25) is 0 Å². The number of benzene rings is 1. The largest absolute Gasteiger partial charge is 0.459 e. The molecule has 4 nitrogen and oxygen atoms in total. The van der Waals surface area contributed by atoms with Gasteiger partial charge in [0.25, 0.3) is 0 Å². The minimum atomic E-state index is -0.397. The van der Waals surface area contributed by atoms with Crippen LogP contribution in [0.4, 0.5) is 5.69 Å². The molecule has 2 rings (SSSR count). The van der Waals surface area contributed by atoms with Gasteiger partial charge in [-0.05, 0) is 18.2 Å². The highest BCUT2D eigenvalue weighted by Crippen LogP contribution is 2.20. The molecule has 17 heavy (non-hydrogen) atoms. The van der Waals surface area contributed by atoms with Gasteiger partial charge in [0.05, 0.1) is 18.8 Å². The molecule has 1 saturated heterocycles. The molecular formula is C12H14ClNO3. The van der Waals surface area contributed by atoms with E-state index in [1.807, 2.05) is 0 Å². The van der Waals surface area contributed by atoms with Crippen LogP contribution in [0.25, 0.3) is 0 Å². The number of nitrogens with two attached hydrogens (primary N) is 1. The smallest absolute Gasteiger partial charge is 0.340 e. The van der Waals surface area contributed by atoms with Crippen LogP contribution in [0.3, 0.4) is 0 Å². The Kier molecular flexibility index (Phi) is 3.86. The third-order valence-electron chi connectivity index (χ3n) is 2.68. The summed E-state index contributed by atoms with van der Waals surface area (Å²) >= 11 is 5.76. The Labute approximate surface area is 105 Å². The zero-order chi connectivity index (χ0) is 12.3. The monoisotopic (exact) mass is 255 g/mol. The molecule has 0 aromatic heterocycles. The summed E-state index contributed by atoms with van der Waals surface area (Å²) in [6.07, 6.45) is 1.39. The molecule has 1 aliphatic heterocycles. The molecule has 0 spiro atoms. The van der Waals surface area contributed by atoms with Crippen LogP contribution in [0.2, 0.25) is 5.02 Å². The molecule has 1 heterocycles. The van der Waals surface area contributed by atoms with Crippen molar-refractivity contribution < 1.29 is 14.3 Å². The summed E-state index contributed by atoms with van der Waals surface area (Å²) in [5, 5.41) is 0.505. The number of esters is 1. The standard InChI is InChI=1S/C12H14ClNO3/c13-8-1-2-10(11(14)7-8)12(15)17-9-3-5-16-6-4-9/h1-2,7,9H,3-6,14H2. The quantitative estimate of drug-likeness (QED) is 0.650. The number of hydrogen-bond donors (Lipinski definition) is 1. The molecule has 0 aliphatic carbocycles. The maximum Gasteiger partial charge on any atom is 0.340 e. The lowest BCUT2D eigenvalue weighted by molar-refractivity contribution is -0.0158. The Morgan fingerprint density at radius 3 is 2.76 bits per heavy atom. The summed E-state index contributed by atoms with van der Waals surface area (Å²) in [4.78, 5) is 11.9. The fourth-order valence-corrected chi connectivity index (χ4v) is 1.91. The normalized spacial score (nSPS) is 16.8. The van der Waals surface area contributed by atoms with Gasteiger partial charge in [0, 0.05) is 23.6 Å². The number of hydrogen-bond acceptors (Lipinski definition) is 4. The van der Waals surface area contributed by atoms with Crippen LogP contribution in [0.5, 0.6) is 0 Å². The van der Waals surface area contributed by atoms with E-state index in [9.17, 15) is 4.79 Å². The summed E-state index contributed by atoms with van der Waals surface area (Å²) in [6, 6.07) is 4.75. The minimum Gasteiger partial charge on any atom is -0.459 e. The van der Waals surface area contributed by atoms with Crippen molar-refractivity contribution in [2.75, 3.05) is 18.9 Å². The highest BCUT2D eigenvalue weighted by atomic mass is 35.5. The maximum absolute atomic E-state index is 11.9. The highest BCUT2D eigenvalue weighted by molar-refractivity contribution is 6.31. The average molecular weight is 256 g/mol.